The molecule has 2 aromatic rings. The fourth-order valence-corrected chi connectivity index (χ4v) is 2.17. The van der Waals surface area contributed by atoms with E-state index in [1.54, 1.807) is 13.3 Å². The lowest BCUT2D eigenvalue weighted by molar-refractivity contribution is 0.414. The topological polar surface area (TPSA) is 73.1 Å². The van der Waals surface area contributed by atoms with Crippen LogP contribution in [-0.2, 0) is 6.42 Å². The third-order valence-electron chi connectivity index (χ3n) is 2.50. The highest BCUT2D eigenvalue weighted by Gasteiger charge is 2.13. The summed E-state index contributed by atoms with van der Waals surface area (Å²) in [6.45, 7) is 0. The van der Waals surface area contributed by atoms with Crippen molar-refractivity contribution in [2.75, 3.05) is 7.11 Å². The van der Waals surface area contributed by atoms with Gasteiger partial charge in [0.05, 0.1) is 24.2 Å². The predicted octanol–water partition coefficient (Wildman–Crippen LogP) is 1.29. The second-order valence-corrected chi connectivity index (χ2v) is 4.41. The van der Waals surface area contributed by atoms with E-state index >= 15 is 0 Å². The third-order valence-corrected chi connectivity index (χ3v) is 3.27. The molecular formula is C11H14N4OS. The fraction of sp³-hybridized carbons (Fsp3) is 0.273. The number of ether oxygens (including phenoxy) is 1. The molecule has 0 aliphatic rings. The number of hydrogen-bond donors (Lipinski definition) is 2. The van der Waals surface area contributed by atoms with Gasteiger partial charge in [0.25, 0.3) is 0 Å². The lowest BCUT2D eigenvalue weighted by Gasteiger charge is -2.13. The minimum absolute atomic E-state index is 0.0297. The summed E-state index contributed by atoms with van der Waals surface area (Å²) in [5.41, 5.74) is 3.93. The van der Waals surface area contributed by atoms with E-state index in [4.69, 9.17) is 10.6 Å². The molecule has 5 nitrogen and oxygen atoms in total. The summed E-state index contributed by atoms with van der Waals surface area (Å²) in [5, 5.41) is 3.81. The van der Waals surface area contributed by atoms with Crippen LogP contribution >= 0.6 is 11.5 Å². The molecule has 90 valence electrons. The molecule has 0 spiro atoms. The molecule has 2 rings (SSSR count). The van der Waals surface area contributed by atoms with Crippen LogP contribution in [0.15, 0.2) is 30.5 Å². The maximum Gasteiger partial charge on any atom is 0.119 e. The highest BCUT2D eigenvalue weighted by molar-refractivity contribution is 7.05. The molecule has 1 unspecified atom stereocenters. The van der Waals surface area contributed by atoms with Gasteiger partial charge in [-0.1, -0.05) is 16.6 Å². The molecule has 0 radical (unpaired) electrons. The Balaban J connectivity index is 2.13. The minimum Gasteiger partial charge on any atom is -0.497 e. The van der Waals surface area contributed by atoms with Gasteiger partial charge in [0.15, 0.2) is 0 Å². The van der Waals surface area contributed by atoms with Crippen LogP contribution in [0.1, 0.15) is 16.5 Å². The van der Waals surface area contributed by atoms with E-state index in [1.165, 1.54) is 11.5 Å². The van der Waals surface area contributed by atoms with Gasteiger partial charge in [-0.2, -0.15) is 0 Å². The summed E-state index contributed by atoms with van der Waals surface area (Å²) in [5.74, 6) is 6.40. The molecule has 1 heterocycles. The van der Waals surface area contributed by atoms with Crippen molar-refractivity contribution in [2.24, 2.45) is 5.84 Å². The lowest BCUT2D eigenvalue weighted by atomic mass is 10.1. The predicted molar refractivity (Wildman–Crippen MR) is 66.7 cm³/mol. The molecule has 3 N–H and O–H groups in total. The van der Waals surface area contributed by atoms with E-state index < -0.39 is 0 Å². The van der Waals surface area contributed by atoms with Gasteiger partial charge in [-0.3, -0.25) is 11.3 Å². The van der Waals surface area contributed by atoms with Crippen molar-refractivity contribution in [1.82, 2.24) is 15.0 Å². The maximum atomic E-state index is 5.55. The average Bonchev–Trinajstić information content (AvgIpc) is 2.90. The second kappa shape index (κ2) is 5.72. The monoisotopic (exact) mass is 250 g/mol. The Morgan fingerprint density at radius 3 is 3.06 bits per heavy atom. The maximum absolute atomic E-state index is 5.55. The molecule has 0 bridgehead atoms. The minimum atomic E-state index is 0.0297. The van der Waals surface area contributed by atoms with E-state index in [1.807, 2.05) is 24.3 Å². The van der Waals surface area contributed by atoms with E-state index in [2.05, 4.69) is 15.0 Å². The number of nitrogens with zero attached hydrogens (tertiary/aromatic N) is 2. The van der Waals surface area contributed by atoms with Gasteiger partial charge >= 0.3 is 0 Å². The summed E-state index contributed by atoms with van der Waals surface area (Å²) in [4.78, 5) is 1.02. The Kier molecular flexibility index (Phi) is 4.03. The third kappa shape index (κ3) is 3.00. The van der Waals surface area contributed by atoms with Gasteiger partial charge in [-0.05, 0) is 35.6 Å². The zero-order chi connectivity index (χ0) is 12.1. The van der Waals surface area contributed by atoms with Gasteiger partial charge in [-0.25, -0.2) is 0 Å². The van der Waals surface area contributed by atoms with Crippen LogP contribution in [0.2, 0.25) is 0 Å². The quantitative estimate of drug-likeness (QED) is 0.618. The largest absolute Gasteiger partial charge is 0.497 e. The molecule has 1 atom stereocenters. The van der Waals surface area contributed by atoms with Crippen LogP contribution in [-0.4, -0.2) is 16.7 Å². The molecule has 0 fully saturated rings. The molecule has 1 aromatic heterocycles. The van der Waals surface area contributed by atoms with Gasteiger partial charge in [0.1, 0.15) is 5.75 Å². The summed E-state index contributed by atoms with van der Waals surface area (Å²) >= 11 is 1.35. The van der Waals surface area contributed by atoms with Crippen molar-refractivity contribution >= 4 is 11.5 Å². The van der Waals surface area contributed by atoms with E-state index in [0.717, 1.165) is 22.6 Å². The first-order chi connectivity index (χ1) is 8.33. The molecule has 0 aliphatic heterocycles. The number of rotatable bonds is 5. The summed E-state index contributed by atoms with van der Waals surface area (Å²) in [6, 6.07) is 7.96. The number of nitrogens with one attached hydrogen (secondary N) is 1. The van der Waals surface area contributed by atoms with Crippen LogP contribution in [0, 0.1) is 0 Å². The number of hydrogen-bond acceptors (Lipinski definition) is 6. The Morgan fingerprint density at radius 1 is 1.53 bits per heavy atom. The molecule has 1 aromatic carbocycles. The lowest BCUT2D eigenvalue weighted by Crippen LogP contribution is -2.28. The smallest absolute Gasteiger partial charge is 0.119 e. The highest BCUT2D eigenvalue weighted by atomic mass is 32.1. The molecule has 0 amide bonds. The van der Waals surface area contributed by atoms with Crippen molar-refractivity contribution in [3.05, 3.63) is 40.9 Å². The zero-order valence-corrected chi connectivity index (χ0v) is 10.3. The Bertz CT molecular complexity index is 460. The zero-order valence-electron chi connectivity index (χ0n) is 9.46. The van der Waals surface area contributed by atoms with E-state index in [0.29, 0.717) is 0 Å². The summed E-state index contributed by atoms with van der Waals surface area (Å²) in [7, 11) is 1.66. The van der Waals surface area contributed by atoms with Gasteiger partial charge in [0, 0.05) is 0 Å². The number of aromatic nitrogens is 2. The highest BCUT2D eigenvalue weighted by Crippen LogP contribution is 2.21. The van der Waals surface area contributed by atoms with Crippen molar-refractivity contribution in [2.45, 2.75) is 12.5 Å². The molecule has 6 heteroatoms. The number of nitrogens with two attached hydrogens (primary N) is 1. The summed E-state index contributed by atoms with van der Waals surface area (Å²) < 4.78 is 9.02. The Hall–Kier alpha value is -1.50. The van der Waals surface area contributed by atoms with Crippen LogP contribution in [0.3, 0.4) is 0 Å². The van der Waals surface area contributed by atoms with Crippen molar-refractivity contribution in [3.63, 3.8) is 0 Å². The van der Waals surface area contributed by atoms with Crippen LogP contribution in [0.25, 0.3) is 0 Å². The molecule has 0 saturated carbocycles. The first-order valence-corrected chi connectivity index (χ1v) is 5.97. The number of benzene rings is 1. The van der Waals surface area contributed by atoms with Crippen LogP contribution in [0.5, 0.6) is 5.75 Å². The second-order valence-electron chi connectivity index (χ2n) is 3.59. The number of hydrazine groups is 1. The Labute approximate surface area is 104 Å². The van der Waals surface area contributed by atoms with Gasteiger partial charge < -0.3 is 4.74 Å². The van der Waals surface area contributed by atoms with Crippen molar-refractivity contribution < 1.29 is 4.74 Å². The Morgan fingerprint density at radius 2 is 2.41 bits per heavy atom. The first-order valence-electron chi connectivity index (χ1n) is 5.20. The molecular weight excluding hydrogens is 236 g/mol. The van der Waals surface area contributed by atoms with Crippen LogP contribution in [0.4, 0.5) is 0 Å². The molecule has 0 saturated heterocycles. The standard InChI is InChI=1S/C11H14N4OS/c1-16-9-4-2-3-8(5-9)6-10(14-12)11-7-13-15-17-11/h2-5,7,10,14H,6,12H2,1H3. The van der Waals surface area contributed by atoms with Gasteiger partial charge in [0.2, 0.25) is 0 Å². The number of methoxy groups -OCH3 is 1. The molecule has 17 heavy (non-hydrogen) atoms. The van der Waals surface area contributed by atoms with Crippen molar-refractivity contribution in [3.8, 4) is 5.75 Å². The van der Waals surface area contributed by atoms with Gasteiger partial charge in [-0.15, -0.1) is 5.10 Å². The average molecular weight is 250 g/mol. The van der Waals surface area contributed by atoms with E-state index in [-0.39, 0.29) is 6.04 Å². The molecule has 0 aliphatic carbocycles. The fourth-order valence-electron chi connectivity index (χ4n) is 1.61. The van der Waals surface area contributed by atoms with E-state index in [9.17, 15) is 0 Å². The first kappa shape index (κ1) is 12.0. The van der Waals surface area contributed by atoms with Crippen LogP contribution < -0.4 is 16.0 Å². The summed E-state index contributed by atoms with van der Waals surface area (Å²) in [6.07, 6.45) is 2.51. The SMILES string of the molecule is COc1cccc(CC(NN)c2cnns2)c1. The normalized spacial score (nSPS) is 12.4. The van der Waals surface area contributed by atoms with Crippen molar-refractivity contribution in [1.29, 1.82) is 0 Å².